The zero-order valence-corrected chi connectivity index (χ0v) is 12.2. The van der Waals surface area contributed by atoms with Gasteiger partial charge >= 0.3 is 0 Å². The minimum atomic E-state index is -0.332. The fourth-order valence-corrected chi connectivity index (χ4v) is 1.67. The molecule has 20 heavy (non-hydrogen) atoms. The number of aryl methyl sites for hydroxylation is 1. The van der Waals surface area contributed by atoms with Gasteiger partial charge in [0.15, 0.2) is 0 Å². The van der Waals surface area contributed by atoms with E-state index in [0.717, 1.165) is 0 Å². The number of aliphatic hydroxyl groups is 1. The third-order valence-electron chi connectivity index (χ3n) is 3.07. The van der Waals surface area contributed by atoms with Crippen LogP contribution in [0.3, 0.4) is 0 Å². The largest absolute Gasteiger partial charge is 0.469 e. The number of carbonyl (C=O) groups is 2. The van der Waals surface area contributed by atoms with E-state index in [4.69, 9.17) is 9.52 Å². The van der Waals surface area contributed by atoms with Gasteiger partial charge in [-0.3, -0.25) is 9.59 Å². The van der Waals surface area contributed by atoms with E-state index in [0.29, 0.717) is 24.3 Å². The Hall–Kier alpha value is -1.82. The topological polar surface area (TPSA) is 91.6 Å². The highest BCUT2D eigenvalue weighted by molar-refractivity contribution is 5.97. The highest BCUT2D eigenvalue weighted by atomic mass is 16.3. The molecule has 112 valence electrons. The molecule has 1 rings (SSSR count). The van der Waals surface area contributed by atoms with Gasteiger partial charge in [0, 0.05) is 13.2 Å². The molecular weight excluding hydrogens is 260 g/mol. The molecule has 2 amide bonds. The van der Waals surface area contributed by atoms with Gasteiger partial charge in [0.1, 0.15) is 5.76 Å². The zero-order valence-electron chi connectivity index (χ0n) is 12.2. The Morgan fingerprint density at radius 1 is 1.35 bits per heavy atom. The summed E-state index contributed by atoms with van der Waals surface area (Å²) >= 11 is 0. The van der Waals surface area contributed by atoms with Crippen molar-refractivity contribution in [3.63, 3.8) is 0 Å². The third kappa shape index (κ3) is 5.05. The first-order valence-corrected chi connectivity index (χ1v) is 6.55. The Labute approximate surface area is 118 Å². The first-order chi connectivity index (χ1) is 9.35. The SMILES string of the molecule is Cc1occc1C(=O)NCC(=O)NCC(C)(C)CCO. The Morgan fingerprint density at radius 3 is 2.60 bits per heavy atom. The first-order valence-electron chi connectivity index (χ1n) is 6.55. The van der Waals surface area contributed by atoms with Crippen molar-refractivity contribution in [2.45, 2.75) is 27.2 Å². The molecule has 6 nitrogen and oxygen atoms in total. The van der Waals surface area contributed by atoms with Crippen molar-refractivity contribution in [1.29, 1.82) is 0 Å². The molecule has 1 aromatic rings. The minimum Gasteiger partial charge on any atom is -0.469 e. The lowest BCUT2D eigenvalue weighted by atomic mass is 9.90. The second-order valence-corrected chi connectivity index (χ2v) is 5.49. The van der Waals surface area contributed by atoms with E-state index in [1.54, 1.807) is 13.0 Å². The molecule has 0 fully saturated rings. The van der Waals surface area contributed by atoms with Gasteiger partial charge in [-0.25, -0.2) is 0 Å². The average molecular weight is 282 g/mol. The van der Waals surface area contributed by atoms with Crippen LogP contribution in [0, 0.1) is 12.3 Å². The standard InChI is InChI=1S/C14H22N2O4/c1-10-11(4-7-20-10)13(19)15-8-12(18)16-9-14(2,3)5-6-17/h4,7,17H,5-6,8-9H2,1-3H3,(H,15,19)(H,16,18). The van der Waals surface area contributed by atoms with Gasteiger partial charge < -0.3 is 20.2 Å². The maximum Gasteiger partial charge on any atom is 0.255 e. The van der Waals surface area contributed by atoms with Crippen LogP contribution < -0.4 is 10.6 Å². The summed E-state index contributed by atoms with van der Waals surface area (Å²) in [5, 5.41) is 14.2. The summed E-state index contributed by atoms with van der Waals surface area (Å²) in [5.74, 6) is -0.0708. The molecule has 0 saturated heterocycles. The van der Waals surface area contributed by atoms with E-state index in [1.807, 2.05) is 13.8 Å². The van der Waals surface area contributed by atoms with Gasteiger partial charge in [0.05, 0.1) is 18.4 Å². The Bertz CT molecular complexity index is 465. The lowest BCUT2D eigenvalue weighted by Crippen LogP contribution is -2.41. The predicted molar refractivity (Wildman–Crippen MR) is 74.3 cm³/mol. The number of aliphatic hydroxyl groups excluding tert-OH is 1. The van der Waals surface area contributed by atoms with Crippen molar-refractivity contribution < 1.29 is 19.1 Å². The number of hydrogen-bond donors (Lipinski definition) is 3. The molecule has 0 saturated carbocycles. The van der Waals surface area contributed by atoms with Crippen molar-refractivity contribution in [1.82, 2.24) is 10.6 Å². The summed E-state index contributed by atoms with van der Waals surface area (Å²) in [5.41, 5.74) is 0.258. The maximum absolute atomic E-state index is 11.8. The normalized spacial score (nSPS) is 11.2. The second kappa shape index (κ2) is 7.09. The fraction of sp³-hybridized carbons (Fsp3) is 0.571. The summed E-state index contributed by atoms with van der Waals surface area (Å²) in [6.07, 6.45) is 2.04. The number of rotatable bonds is 7. The van der Waals surface area contributed by atoms with Gasteiger partial charge in [-0.1, -0.05) is 13.8 Å². The number of amides is 2. The van der Waals surface area contributed by atoms with Gasteiger partial charge in [0.25, 0.3) is 5.91 Å². The number of carbonyl (C=O) groups excluding carboxylic acids is 2. The molecular formula is C14H22N2O4. The molecule has 3 N–H and O–H groups in total. The summed E-state index contributed by atoms with van der Waals surface area (Å²) in [4.78, 5) is 23.4. The molecule has 0 unspecified atom stereocenters. The van der Waals surface area contributed by atoms with Gasteiger partial charge in [0.2, 0.25) is 5.91 Å². The average Bonchev–Trinajstić information content (AvgIpc) is 2.80. The number of hydrogen-bond acceptors (Lipinski definition) is 4. The van der Waals surface area contributed by atoms with E-state index >= 15 is 0 Å². The monoisotopic (exact) mass is 282 g/mol. The zero-order chi connectivity index (χ0) is 15.2. The Kier molecular flexibility index (Phi) is 5.76. The van der Waals surface area contributed by atoms with Crippen LogP contribution in [0.15, 0.2) is 16.7 Å². The van der Waals surface area contributed by atoms with Crippen LogP contribution in [-0.4, -0.2) is 36.6 Å². The van der Waals surface area contributed by atoms with E-state index in [-0.39, 0.29) is 30.4 Å². The maximum atomic E-state index is 11.8. The van der Waals surface area contributed by atoms with Crippen LogP contribution >= 0.6 is 0 Å². The smallest absolute Gasteiger partial charge is 0.255 e. The molecule has 0 radical (unpaired) electrons. The molecule has 1 aromatic heterocycles. The summed E-state index contributed by atoms with van der Waals surface area (Å²) in [6, 6.07) is 1.56. The molecule has 0 bridgehead atoms. The Balaban J connectivity index is 2.34. The van der Waals surface area contributed by atoms with Crippen molar-refractivity contribution in [2.75, 3.05) is 19.7 Å². The van der Waals surface area contributed by atoms with Gasteiger partial charge in [-0.15, -0.1) is 0 Å². The number of furan rings is 1. The first kappa shape index (κ1) is 16.2. The number of nitrogens with one attached hydrogen (secondary N) is 2. The summed E-state index contributed by atoms with van der Waals surface area (Å²) < 4.78 is 5.03. The van der Waals surface area contributed by atoms with E-state index < -0.39 is 0 Å². The third-order valence-corrected chi connectivity index (χ3v) is 3.07. The highest BCUT2D eigenvalue weighted by Gasteiger charge is 2.18. The van der Waals surface area contributed by atoms with E-state index in [9.17, 15) is 9.59 Å². The highest BCUT2D eigenvalue weighted by Crippen LogP contribution is 2.17. The predicted octanol–water partition coefficient (Wildman–Crippen LogP) is 0.843. The molecule has 0 atom stereocenters. The molecule has 0 aromatic carbocycles. The second-order valence-electron chi connectivity index (χ2n) is 5.49. The molecule has 6 heteroatoms. The van der Waals surface area contributed by atoms with Crippen molar-refractivity contribution >= 4 is 11.8 Å². The van der Waals surface area contributed by atoms with Crippen LogP contribution in [0.25, 0.3) is 0 Å². The molecule has 0 aliphatic rings. The molecule has 0 spiro atoms. The summed E-state index contributed by atoms with van der Waals surface area (Å²) in [7, 11) is 0. The fourth-order valence-electron chi connectivity index (χ4n) is 1.67. The van der Waals surface area contributed by atoms with Crippen LogP contribution in [-0.2, 0) is 4.79 Å². The van der Waals surface area contributed by atoms with E-state index in [2.05, 4.69) is 10.6 Å². The van der Waals surface area contributed by atoms with Gasteiger partial charge in [-0.2, -0.15) is 0 Å². The molecule has 1 heterocycles. The Morgan fingerprint density at radius 2 is 2.05 bits per heavy atom. The van der Waals surface area contributed by atoms with Crippen LogP contribution in [0.1, 0.15) is 36.4 Å². The quantitative estimate of drug-likeness (QED) is 0.691. The van der Waals surface area contributed by atoms with Crippen LogP contribution in [0.4, 0.5) is 0 Å². The van der Waals surface area contributed by atoms with Crippen LogP contribution in [0.5, 0.6) is 0 Å². The van der Waals surface area contributed by atoms with Crippen molar-refractivity contribution in [2.24, 2.45) is 5.41 Å². The van der Waals surface area contributed by atoms with Crippen molar-refractivity contribution in [3.8, 4) is 0 Å². The lowest BCUT2D eigenvalue weighted by molar-refractivity contribution is -0.120. The molecule has 0 aliphatic heterocycles. The summed E-state index contributed by atoms with van der Waals surface area (Å²) in [6.45, 7) is 6.05. The minimum absolute atomic E-state index is 0.0827. The lowest BCUT2D eigenvalue weighted by Gasteiger charge is -2.23. The van der Waals surface area contributed by atoms with Gasteiger partial charge in [-0.05, 0) is 24.8 Å². The molecule has 0 aliphatic carbocycles. The van der Waals surface area contributed by atoms with Crippen LogP contribution in [0.2, 0.25) is 0 Å². The van der Waals surface area contributed by atoms with Crippen molar-refractivity contribution in [3.05, 3.63) is 23.7 Å². The van der Waals surface area contributed by atoms with E-state index in [1.165, 1.54) is 6.26 Å².